The molecule has 2 aromatic rings. The number of rotatable bonds is 2. The van der Waals surface area contributed by atoms with E-state index >= 15 is 0 Å². The quantitative estimate of drug-likeness (QED) is 0.653. The zero-order valence-corrected chi connectivity index (χ0v) is 7.14. The molecule has 0 aromatic carbocycles. The summed E-state index contributed by atoms with van der Waals surface area (Å²) in [5, 5.41) is 17.9. The van der Waals surface area contributed by atoms with Gasteiger partial charge in [0, 0.05) is 18.0 Å². The van der Waals surface area contributed by atoms with Crippen LogP contribution in [0.2, 0.25) is 0 Å². The van der Waals surface area contributed by atoms with Gasteiger partial charge in [-0.3, -0.25) is 4.98 Å². The number of fused-ring (bicyclic) bond motifs is 1. The van der Waals surface area contributed by atoms with Crippen molar-refractivity contribution in [1.82, 2.24) is 9.97 Å². The Morgan fingerprint density at radius 1 is 1.57 bits per heavy atom. The number of carboxylic acids is 1. The van der Waals surface area contributed by atoms with Gasteiger partial charge in [0.25, 0.3) is 0 Å². The lowest BCUT2D eigenvalue weighted by atomic mass is 10.1. The average Bonchev–Trinajstić information content (AvgIpc) is 2.60. The molecule has 1 atom stereocenters. The smallest absolute Gasteiger partial charge is 0.337 e. The molecule has 0 spiro atoms. The summed E-state index contributed by atoms with van der Waals surface area (Å²) in [7, 11) is 0. The fraction of sp³-hybridized carbons (Fsp3) is 0.111. The average molecular weight is 192 g/mol. The van der Waals surface area contributed by atoms with Gasteiger partial charge in [-0.25, -0.2) is 4.79 Å². The number of aromatic amines is 1. The van der Waals surface area contributed by atoms with Gasteiger partial charge in [-0.2, -0.15) is 0 Å². The van der Waals surface area contributed by atoms with E-state index in [0.29, 0.717) is 11.0 Å². The van der Waals surface area contributed by atoms with Crippen LogP contribution in [0.4, 0.5) is 0 Å². The highest BCUT2D eigenvalue weighted by Crippen LogP contribution is 2.21. The van der Waals surface area contributed by atoms with Crippen LogP contribution in [0.3, 0.4) is 0 Å². The summed E-state index contributed by atoms with van der Waals surface area (Å²) in [6, 6.07) is 3.50. The highest BCUT2D eigenvalue weighted by Gasteiger charge is 2.20. The summed E-state index contributed by atoms with van der Waals surface area (Å²) >= 11 is 0. The van der Waals surface area contributed by atoms with Crippen molar-refractivity contribution in [1.29, 1.82) is 0 Å². The number of hydrogen-bond donors (Lipinski definition) is 3. The molecule has 2 aromatic heterocycles. The first-order valence-corrected chi connectivity index (χ1v) is 4.03. The number of H-pyrrole nitrogens is 1. The monoisotopic (exact) mass is 192 g/mol. The van der Waals surface area contributed by atoms with Gasteiger partial charge in [-0.1, -0.05) is 0 Å². The van der Waals surface area contributed by atoms with Crippen molar-refractivity contribution in [2.75, 3.05) is 0 Å². The van der Waals surface area contributed by atoms with Crippen molar-refractivity contribution >= 4 is 17.0 Å². The molecule has 0 radical (unpaired) electrons. The first-order valence-electron chi connectivity index (χ1n) is 4.03. The van der Waals surface area contributed by atoms with Crippen molar-refractivity contribution in [3.05, 3.63) is 30.1 Å². The number of carbonyl (C=O) groups is 1. The van der Waals surface area contributed by atoms with E-state index in [1.54, 1.807) is 18.3 Å². The molecular formula is C9H8N2O3. The molecule has 0 bridgehead atoms. The molecule has 3 N–H and O–H groups in total. The number of nitrogens with zero attached hydrogens (tertiary/aromatic N) is 1. The van der Waals surface area contributed by atoms with Crippen molar-refractivity contribution in [3.8, 4) is 0 Å². The fourth-order valence-electron chi connectivity index (χ4n) is 1.32. The SMILES string of the molecule is O=C(O)C(O)c1c[nH]c2cccnc12. The molecule has 2 heterocycles. The third-order valence-corrected chi connectivity index (χ3v) is 1.99. The van der Waals surface area contributed by atoms with Gasteiger partial charge in [0.15, 0.2) is 6.10 Å². The van der Waals surface area contributed by atoms with Gasteiger partial charge in [-0.15, -0.1) is 0 Å². The zero-order chi connectivity index (χ0) is 10.1. The van der Waals surface area contributed by atoms with Gasteiger partial charge >= 0.3 is 5.97 Å². The van der Waals surface area contributed by atoms with E-state index in [9.17, 15) is 9.90 Å². The van der Waals surface area contributed by atoms with Crippen LogP contribution in [0.5, 0.6) is 0 Å². The maximum atomic E-state index is 10.5. The third kappa shape index (κ3) is 1.23. The summed E-state index contributed by atoms with van der Waals surface area (Å²) < 4.78 is 0. The minimum atomic E-state index is -1.53. The molecule has 0 fully saturated rings. The lowest BCUT2D eigenvalue weighted by Gasteiger charge is -2.01. The Morgan fingerprint density at radius 3 is 3.07 bits per heavy atom. The number of carboxylic acid groups (broad SMARTS) is 1. The Kier molecular flexibility index (Phi) is 1.94. The first-order chi connectivity index (χ1) is 6.70. The summed E-state index contributed by atoms with van der Waals surface area (Å²) in [6.07, 6.45) is 1.48. The van der Waals surface area contributed by atoms with E-state index in [-0.39, 0.29) is 5.56 Å². The zero-order valence-electron chi connectivity index (χ0n) is 7.14. The maximum Gasteiger partial charge on any atom is 0.337 e. The maximum absolute atomic E-state index is 10.5. The van der Waals surface area contributed by atoms with Gasteiger partial charge < -0.3 is 15.2 Å². The number of hydrogen-bond acceptors (Lipinski definition) is 3. The number of pyridine rings is 1. The Bertz CT molecular complexity index is 478. The van der Waals surface area contributed by atoms with Crippen molar-refractivity contribution in [2.45, 2.75) is 6.10 Å². The fourth-order valence-corrected chi connectivity index (χ4v) is 1.32. The van der Waals surface area contributed by atoms with Crippen LogP contribution in [0, 0.1) is 0 Å². The van der Waals surface area contributed by atoms with Crippen LogP contribution in [-0.2, 0) is 4.79 Å². The minimum Gasteiger partial charge on any atom is -0.479 e. The number of aliphatic carboxylic acids is 1. The second-order valence-corrected chi connectivity index (χ2v) is 2.88. The molecule has 0 aliphatic rings. The lowest BCUT2D eigenvalue weighted by molar-refractivity contribution is -0.146. The molecule has 1 unspecified atom stereocenters. The van der Waals surface area contributed by atoms with Crippen molar-refractivity contribution in [2.24, 2.45) is 0 Å². The Morgan fingerprint density at radius 2 is 2.36 bits per heavy atom. The number of aromatic nitrogens is 2. The summed E-state index contributed by atoms with van der Waals surface area (Å²) in [5.74, 6) is -1.28. The molecule has 0 amide bonds. The van der Waals surface area contributed by atoms with Gasteiger partial charge in [0.2, 0.25) is 0 Å². The third-order valence-electron chi connectivity index (χ3n) is 1.99. The van der Waals surface area contributed by atoms with Crippen LogP contribution < -0.4 is 0 Å². The van der Waals surface area contributed by atoms with Gasteiger partial charge in [-0.05, 0) is 12.1 Å². The van der Waals surface area contributed by atoms with E-state index in [1.807, 2.05) is 0 Å². The molecule has 72 valence electrons. The molecule has 5 heteroatoms. The highest BCUT2D eigenvalue weighted by molar-refractivity contribution is 5.85. The molecule has 14 heavy (non-hydrogen) atoms. The first kappa shape index (κ1) is 8.71. The van der Waals surface area contributed by atoms with E-state index in [2.05, 4.69) is 9.97 Å². The molecule has 5 nitrogen and oxygen atoms in total. The second kappa shape index (κ2) is 3.12. The molecule has 0 saturated heterocycles. The molecular weight excluding hydrogens is 184 g/mol. The van der Waals surface area contributed by atoms with Gasteiger partial charge in [0.05, 0.1) is 11.0 Å². The predicted octanol–water partition coefficient (Wildman–Crippen LogP) is 0.681. The van der Waals surface area contributed by atoms with E-state index in [0.717, 1.165) is 0 Å². The van der Waals surface area contributed by atoms with Crippen molar-refractivity contribution in [3.63, 3.8) is 0 Å². The largest absolute Gasteiger partial charge is 0.479 e. The van der Waals surface area contributed by atoms with Crippen LogP contribution in [0.25, 0.3) is 11.0 Å². The molecule has 0 aliphatic heterocycles. The number of nitrogens with one attached hydrogen (secondary N) is 1. The van der Waals surface area contributed by atoms with Gasteiger partial charge in [0.1, 0.15) is 0 Å². The predicted molar refractivity (Wildman–Crippen MR) is 48.7 cm³/mol. The topological polar surface area (TPSA) is 86.2 Å². The molecule has 2 rings (SSSR count). The standard InChI is InChI=1S/C9H8N2O3/c12-8(9(13)14)5-4-11-6-2-1-3-10-7(5)6/h1-4,8,11-12H,(H,13,14). The van der Waals surface area contributed by atoms with Crippen molar-refractivity contribution < 1.29 is 15.0 Å². The van der Waals surface area contributed by atoms with Crippen LogP contribution in [0.1, 0.15) is 11.7 Å². The Balaban J connectivity index is 2.58. The normalized spacial score (nSPS) is 12.9. The van der Waals surface area contributed by atoms with E-state index < -0.39 is 12.1 Å². The summed E-state index contributed by atoms with van der Waals surface area (Å²) in [4.78, 5) is 17.4. The Hall–Kier alpha value is -1.88. The second-order valence-electron chi connectivity index (χ2n) is 2.88. The van der Waals surface area contributed by atoms with Crippen LogP contribution >= 0.6 is 0 Å². The highest BCUT2D eigenvalue weighted by atomic mass is 16.4. The molecule has 0 aliphatic carbocycles. The number of aliphatic hydroxyl groups excluding tert-OH is 1. The summed E-state index contributed by atoms with van der Waals surface area (Å²) in [5.41, 5.74) is 1.48. The molecule has 0 saturated carbocycles. The lowest BCUT2D eigenvalue weighted by Crippen LogP contribution is -2.09. The Labute approximate surface area is 79.0 Å². The van der Waals surface area contributed by atoms with Crippen LogP contribution in [0.15, 0.2) is 24.5 Å². The van der Waals surface area contributed by atoms with E-state index in [1.165, 1.54) is 6.20 Å². The minimum absolute atomic E-state index is 0.285. The van der Waals surface area contributed by atoms with Crippen LogP contribution in [-0.4, -0.2) is 26.2 Å². The van der Waals surface area contributed by atoms with E-state index in [4.69, 9.17) is 5.11 Å². The number of aliphatic hydroxyl groups is 1. The summed E-state index contributed by atoms with van der Waals surface area (Å²) in [6.45, 7) is 0.